The lowest BCUT2D eigenvalue weighted by molar-refractivity contribution is -0.141. The molecule has 0 fully saturated rings. The number of benzene rings is 1. The second kappa shape index (κ2) is 8.46. The Bertz CT molecular complexity index is 983. The van der Waals surface area contributed by atoms with Gasteiger partial charge in [0, 0.05) is 17.8 Å². The first-order valence-electron chi connectivity index (χ1n) is 8.62. The lowest BCUT2D eigenvalue weighted by atomic mass is 10.1. The van der Waals surface area contributed by atoms with E-state index in [1.807, 2.05) is 0 Å². The zero-order valence-electron chi connectivity index (χ0n) is 16.3. The van der Waals surface area contributed by atoms with Gasteiger partial charge in [-0.1, -0.05) is 12.1 Å². The first-order chi connectivity index (χ1) is 13.5. The van der Waals surface area contributed by atoms with E-state index in [1.54, 1.807) is 13.8 Å². The zero-order valence-corrected chi connectivity index (χ0v) is 16.3. The maximum absolute atomic E-state index is 13.4. The Labute approximate surface area is 164 Å². The number of ether oxygens (including phenoxy) is 1. The number of rotatable bonds is 5. The van der Waals surface area contributed by atoms with Crippen LogP contribution in [0.1, 0.15) is 35.6 Å². The standard InChI is InChI=1S/C19H20F3N3O4/c1-11(2)24(10-16(27)29-4)18(28)17-15(26)9-12(3)25(23-17)14-8-6-5-7-13(14)19(20,21)22/h5-9,11H,10H2,1-4H3. The monoisotopic (exact) mass is 411 g/mol. The van der Waals surface area contributed by atoms with Crippen molar-refractivity contribution >= 4 is 11.9 Å². The SMILES string of the molecule is COC(=O)CN(C(=O)c1nn(-c2ccccc2C(F)(F)F)c(C)cc1=O)C(C)C. The molecule has 29 heavy (non-hydrogen) atoms. The largest absolute Gasteiger partial charge is 0.468 e. The third kappa shape index (κ3) is 4.82. The number of nitrogens with zero attached hydrogens (tertiary/aromatic N) is 3. The van der Waals surface area contributed by atoms with Gasteiger partial charge in [0.05, 0.1) is 18.4 Å². The van der Waals surface area contributed by atoms with Crippen molar-refractivity contribution in [1.29, 1.82) is 0 Å². The second-order valence-electron chi connectivity index (χ2n) is 6.53. The average Bonchev–Trinajstić information content (AvgIpc) is 2.64. The molecule has 0 saturated carbocycles. The summed E-state index contributed by atoms with van der Waals surface area (Å²) in [5.41, 5.74) is -2.52. The third-order valence-corrected chi connectivity index (χ3v) is 4.16. The Morgan fingerprint density at radius 1 is 1.24 bits per heavy atom. The molecule has 0 saturated heterocycles. The number of esters is 1. The molecule has 1 heterocycles. The lowest BCUT2D eigenvalue weighted by Crippen LogP contribution is -2.43. The van der Waals surface area contributed by atoms with Gasteiger partial charge in [0.2, 0.25) is 5.43 Å². The number of aryl methyl sites for hydroxylation is 1. The van der Waals surface area contributed by atoms with Gasteiger partial charge in [0.15, 0.2) is 5.69 Å². The van der Waals surface area contributed by atoms with Crippen LogP contribution in [0.3, 0.4) is 0 Å². The van der Waals surface area contributed by atoms with Gasteiger partial charge in [-0.3, -0.25) is 14.4 Å². The fourth-order valence-electron chi connectivity index (χ4n) is 2.67. The summed E-state index contributed by atoms with van der Waals surface area (Å²) in [6.45, 7) is 4.21. The molecular formula is C19H20F3N3O4. The van der Waals surface area contributed by atoms with Crippen LogP contribution in [0.5, 0.6) is 0 Å². The second-order valence-corrected chi connectivity index (χ2v) is 6.53. The van der Waals surface area contributed by atoms with Crippen molar-refractivity contribution in [1.82, 2.24) is 14.7 Å². The predicted octanol–water partition coefficient (Wildman–Crippen LogP) is 2.58. The van der Waals surface area contributed by atoms with Crippen molar-refractivity contribution in [2.45, 2.75) is 33.0 Å². The Morgan fingerprint density at radius 2 is 1.86 bits per heavy atom. The van der Waals surface area contributed by atoms with E-state index in [1.165, 1.54) is 25.1 Å². The van der Waals surface area contributed by atoms with Crippen molar-refractivity contribution in [3.8, 4) is 5.69 Å². The van der Waals surface area contributed by atoms with E-state index < -0.39 is 47.3 Å². The van der Waals surface area contributed by atoms with E-state index in [0.717, 1.165) is 28.8 Å². The van der Waals surface area contributed by atoms with Gasteiger partial charge in [0.1, 0.15) is 6.54 Å². The van der Waals surface area contributed by atoms with Crippen LogP contribution in [-0.4, -0.2) is 46.3 Å². The highest BCUT2D eigenvalue weighted by Crippen LogP contribution is 2.33. The number of halogens is 3. The van der Waals surface area contributed by atoms with E-state index in [0.29, 0.717) is 0 Å². The number of methoxy groups -OCH3 is 1. The van der Waals surface area contributed by atoms with Crippen molar-refractivity contribution in [2.24, 2.45) is 0 Å². The molecule has 0 atom stereocenters. The van der Waals surface area contributed by atoms with E-state index in [4.69, 9.17) is 0 Å². The fourth-order valence-corrected chi connectivity index (χ4v) is 2.67. The molecule has 7 nitrogen and oxygen atoms in total. The molecule has 0 spiro atoms. The maximum Gasteiger partial charge on any atom is 0.418 e. The number of amides is 1. The van der Waals surface area contributed by atoms with Gasteiger partial charge in [0.25, 0.3) is 5.91 Å². The van der Waals surface area contributed by atoms with Crippen LogP contribution < -0.4 is 5.43 Å². The summed E-state index contributed by atoms with van der Waals surface area (Å²) in [6.07, 6.45) is -4.66. The van der Waals surface area contributed by atoms with Crippen LogP contribution in [0, 0.1) is 6.92 Å². The molecule has 0 radical (unpaired) electrons. The van der Waals surface area contributed by atoms with E-state index in [2.05, 4.69) is 9.84 Å². The van der Waals surface area contributed by atoms with Crippen molar-refractivity contribution in [2.75, 3.05) is 13.7 Å². The topological polar surface area (TPSA) is 81.5 Å². The highest BCUT2D eigenvalue weighted by molar-refractivity contribution is 5.94. The minimum atomic E-state index is -4.66. The molecule has 1 aromatic heterocycles. The van der Waals surface area contributed by atoms with Crippen molar-refractivity contribution < 1.29 is 27.5 Å². The normalized spacial score (nSPS) is 11.4. The number of para-hydroxylation sites is 1. The van der Waals surface area contributed by atoms with Crippen LogP contribution in [0.15, 0.2) is 35.1 Å². The van der Waals surface area contributed by atoms with Gasteiger partial charge >= 0.3 is 12.1 Å². The number of hydrogen-bond donors (Lipinski definition) is 0. The molecule has 10 heteroatoms. The quantitative estimate of drug-likeness (QED) is 0.707. The van der Waals surface area contributed by atoms with E-state index in [9.17, 15) is 27.6 Å². The molecule has 1 amide bonds. The van der Waals surface area contributed by atoms with Crippen molar-refractivity contribution in [3.63, 3.8) is 0 Å². The van der Waals surface area contributed by atoms with Crippen LogP contribution in [0.2, 0.25) is 0 Å². The molecule has 0 aliphatic rings. The summed E-state index contributed by atoms with van der Waals surface area (Å²) < 4.78 is 45.6. The van der Waals surface area contributed by atoms with Gasteiger partial charge in [-0.05, 0) is 32.9 Å². The number of aromatic nitrogens is 2. The summed E-state index contributed by atoms with van der Waals surface area (Å²) in [5.74, 6) is -1.59. The Morgan fingerprint density at radius 3 is 2.41 bits per heavy atom. The fraction of sp³-hybridized carbons (Fsp3) is 0.368. The van der Waals surface area contributed by atoms with E-state index in [-0.39, 0.29) is 11.4 Å². The van der Waals surface area contributed by atoms with E-state index >= 15 is 0 Å². The smallest absolute Gasteiger partial charge is 0.418 e. The van der Waals surface area contributed by atoms with Crippen LogP contribution >= 0.6 is 0 Å². The maximum atomic E-state index is 13.4. The molecular weight excluding hydrogens is 391 g/mol. The Hall–Kier alpha value is -3.17. The molecule has 2 rings (SSSR count). The zero-order chi connectivity index (χ0) is 21.9. The molecule has 0 aliphatic heterocycles. The van der Waals surface area contributed by atoms with Gasteiger partial charge < -0.3 is 9.64 Å². The summed E-state index contributed by atoms with van der Waals surface area (Å²) >= 11 is 0. The number of carbonyl (C=O) groups is 2. The first-order valence-corrected chi connectivity index (χ1v) is 8.62. The molecule has 2 aromatic rings. The molecule has 0 unspecified atom stereocenters. The Kier molecular flexibility index (Phi) is 6.45. The van der Waals surface area contributed by atoms with Gasteiger partial charge in [-0.15, -0.1) is 0 Å². The Balaban J connectivity index is 2.63. The third-order valence-electron chi connectivity index (χ3n) is 4.16. The highest BCUT2D eigenvalue weighted by Gasteiger charge is 2.34. The lowest BCUT2D eigenvalue weighted by Gasteiger charge is -2.25. The number of alkyl halides is 3. The van der Waals surface area contributed by atoms with Crippen LogP contribution in [-0.2, 0) is 15.7 Å². The van der Waals surface area contributed by atoms with Gasteiger partial charge in [-0.25, -0.2) is 4.68 Å². The van der Waals surface area contributed by atoms with Crippen molar-refractivity contribution in [3.05, 3.63) is 57.5 Å². The average molecular weight is 411 g/mol. The minimum absolute atomic E-state index is 0.118. The first kappa shape index (κ1) is 22.1. The summed E-state index contributed by atoms with van der Waals surface area (Å²) in [6, 6.07) is 5.24. The number of carbonyl (C=O) groups excluding carboxylic acids is 2. The molecule has 1 aromatic carbocycles. The predicted molar refractivity (Wildman–Crippen MR) is 97.8 cm³/mol. The van der Waals surface area contributed by atoms with Crippen LogP contribution in [0.4, 0.5) is 13.2 Å². The molecule has 156 valence electrons. The number of hydrogen-bond acceptors (Lipinski definition) is 5. The molecule has 0 aliphatic carbocycles. The molecule has 0 N–H and O–H groups in total. The van der Waals surface area contributed by atoms with Gasteiger partial charge in [-0.2, -0.15) is 18.3 Å². The summed E-state index contributed by atoms with van der Waals surface area (Å²) in [4.78, 5) is 37.9. The summed E-state index contributed by atoms with van der Waals surface area (Å²) in [5, 5.41) is 3.91. The van der Waals surface area contributed by atoms with Crippen LogP contribution in [0.25, 0.3) is 5.69 Å². The highest BCUT2D eigenvalue weighted by atomic mass is 19.4. The minimum Gasteiger partial charge on any atom is -0.468 e. The summed E-state index contributed by atoms with van der Waals surface area (Å²) in [7, 11) is 1.15. The molecule has 0 bridgehead atoms.